The lowest BCUT2D eigenvalue weighted by atomic mass is 10.4. The van der Waals surface area contributed by atoms with Crippen LogP contribution in [-0.2, 0) is 0 Å². The standard InChI is InChI=1S/C5H10FN.C2H6.CH3F/c1-7-3-2-5(6)4-7;2*1-2/h5H,2-4H2,1H3;1-2H3;1H3. The van der Waals surface area contributed by atoms with E-state index in [1.54, 1.807) is 0 Å². The molecular weight excluding hydrogens is 148 g/mol. The highest BCUT2D eigenvalue weighted by Gasteiger charge is 2.17. The number of likely N-dealkylation sites (tertiary alicyclic amines) is 1. The number of hydrogen-bond acceptors (Lipinski definition) is 1. The molecule has 1 atom stereocenters. The van der Waals surface area contributed by atoms with Crippen molar-refractivity contribution in [3.05, 3.63) is 0 Å². The Morgan fingerprint density at radius 2 is 1.73 bits per heavy atom. The molecule has 1 rings (SSSR count). The summed E-state index contributed by atoms with van der Waals surface area (Å²) in [6.45, 7) is 5.57. The number of nitrogens with zero attached hydrogens (tertiary/aromatic N) is 1. The molecule has 1 saturated heterocycles. The van der Waals surface area contributed by atoms with Gasteiger partial charge in [0.1, 0.15) is 6.17 Å². The molecule has 0 saturated carbocycles. The van der Waals surface area contributed by atoms with E-state index in [1.807, 2.05) is 25.8 Å². The summed E-state index contributed by atoms with van der Waals surface area (Å²) >= 11 is 0. The normalized spacial score (nSPS) is 22.9. The van der Waals surface area contributed by atoms with Crippen molar-refractivity contribution in [3.63, 3.8) is 0 Å². The van der Waals surface area contributed by atoms with E-state index < -0.39 is 6.17 Å². The average molecular weight is 167 g/mol. The van der Waals surface area contributed by atoms with E-state index in [0.717, 1.165) is 13.0 Å². The minimum atomic E-state index is -0.551. The largest absolute Gasteiger partial charge is 0.303 e. The van der Waals surface area contributed by atoms with E-state index in [1.165, 1.54) is 0 Å². The molecule has 0 aromatic heterocycles. The van der Waals surface area contributed by atoms with Crippen LogP contribution in [0.25, 0.3) is 0 Å². The second kappa shape index (κ2) is 9.82. The summed E-state index contributed by atoms with van der Waals surface area (Å²) in [6, 6.07) is 0. The lowest BCUT2D eigenvalue weighted by molar-refractivity contribution is 0.321. The van der Waals surface area contributed by atoms with E-state index in [0.29, 0.717) is 13.7 Å². The van der Waals surface area contributed by atoms with Gasteiger partial charge in [0, 0.05) is 13.1 Å². The summed E-state index contributed by atoms with van der Waals surface area (Å²) in [7, 11) is 2.44. The SMILES string of the molecule is CC.CF.CN1CCC(F)C1. The molecule has 0 N–H and O–H groups in total. The van der Waals surface area contributed by atoms with Crippen LogP contribution in [0.15, 0.2) is 0 Å². The van der Waals surface area contributed by atoms with Gasteiger partial charge in [-0.2, -0.15) is 0 Å². The zero-order valence-electron chi connectivity index (χ0n) is 7.90. The van der Waals surface area contributed by atoms with E-state index in [2.05, 4.69) is 0 Å². The van der Waals surface area contributed by atoms with Crippen molar-refractivity contribution in [1.29, 1.82) is 0 Å². The minimum absolute atomic E-state index is 0.500. The minimum Gasteiger partial charge on any atom is -0.303 e. The summed E-state index contributed by atoms with van der Waals surface area (Å²) in [5.41, 5.74) is 0. The average Bonchev–Trinajstić information content (AvgIpc) is 2.43. The number of alkyl halides is 2. The van der Waals surface area contributed by atoms with Gasteiger partial charge in [-0.25, -0.2) is 4.39 Å². The monoisotopic (exact) mass is 167 g/mol. The molecule has 0 aromatic rings. The molecule has 11 heavy (non-hydrogen) atoms. The highest BCUT2D eigenvalue weighted by Crippen LogP contribution is 2.08. The topological polar surface area (TPSA) is 3.24 Å². The molecule has 1 nitrogen and oxygen atoms in total. The summed E-state index contributed by atoms with van der Waals surface area (Å²) in [5.74, 6) is 0. The van der Waals surface area contributed by atoms with Gasteiger partial charge in [0.05, 0.1) is 7.18 Å². The summed E-state index contributed by atoms with van der Waals surface area (Å²) in [6.07, 6.45) is 0.182. The fraction of sp³-hybridized carbons (Fsp3) is 1.00. The molecule has 1 fully saturated rings. The van der Waals surface area contributed by atoms with Crippen LogP contribution >= 0.6 is 0 Å². The summed E-state index contributed by atoms with van der Waals surface area (Å²) in [5, 5.41) is 0. The van der Waals surface area contributed by atoms with Gasteiger partial charge in [-0.15, -0.1) is 0 Å². The van der Waals surface area contributed by atoms with Gasteiger partial charge in [-0.1, -0.05) is 13.8 Å². The fourth-order valence-corrected chi connectivity index (χ4v) is 0.881. The van der Waals surface area contributed by atoms with Crippen LogP contribution in [-0.4, -0.2) is 38.4 Å². The third-order valence-corrected chi connectivity index (χ3v) is 1.33. The number of rotatable bonds is 0. The van der Waals surface area contributed by atoms with Crippen molar-refractivity contribution in [2.24, 2.45) is 0 Å². The molecule has 0 amide bonds. The van der Waals surface area contributed by atoms with Gasteiger partial charge in [0.15, 0.2) is 0 Å². The zero-order valence-corrected chi connectivity index (χ0v) is 7.90. The first-order chi connectivity index (χ1) is 5.29. The molecule has 1 aliphatic rings. The first-order valence-electron chi connectivity index (χ1n) is 3.99. The molecule has 0 aromatic carbocycles. The first-order valence-corrected chi connectivity index (χ1v) is 3.99. The molecule has 70 valence electrons. The molecule has 0 radical (unpaired) electrons. The Labute approximate surface area is 68.4 Å². The molecular formula is C8H19F2N. The Hall–Kier alpha value is -0.180. The second-order valence-corrected chi connectivity index (χ2v) is 2.15. The van der Waals surface area contributed by atoms with Crippen molar-refractivity contribution in [1.82, 2.24) is 4.90 Å². The van der Waals surface area contributed by atoms with Gasteiger partial charge >= 0.3 is 0 Å². The van der Waals surface area contributed by atoms with Crippen LogP contribution in [0.4, 0.5) is 8.78 Å². The number of hydrogen-bond donors (Lipinski definition) is 0. The molecule has 0 aliphatic carbocycles. The maximum atomic E-state index is 12.1. The maximum Gasteiger partial charge on any atom is 0.114 e. The smallest absolute Gasteiger partial charge is 0.114 e. The van der Waals surface area contributed by atoms with Gasteiger partial charge in [0.25, 0.3) is 0 Å². The molecule has 0 bridgehead atoms. The van der Waals surface area contributed by atoms with Crippen molar-refractivity contribution in [2.45, 2.75) is 26.4 Å². The highest BCUT2D eigenvalue weighted by atomic mass is 19.1. The third-order valence-electron chi connectivity index (χ3n) is 1.33. The van der Waals surface area contributed by atoms with Crippen molar-refractivity contribution in [3.8, 4) is 0 Å². The molecule has 1 aliphatic heterocycles. The molecule has 1 heterocycles. The van der Waals surface area contributed by atoms with Crippen LogP contribution in [0.2, 0.25) is 0 Å². The Morgan fingerprint density at radius 1 is 1.27 bits per heavy atom. The Morgan fingerprint density at radius 3 is 1.82 bits per heavy atom. The van der Waals surface area contributed by atoms with Crippen LogP contribution in [0.3, 0.4) is 0 Å². The van der Waals surface area contributed by atoms with Crippen molar-refractivity contribution >= 4 is 0 Å². The Bertz CT molecular complexity index is 61.1. The summed E-state index contributed by atoms with van der Waals surface area (Å²) < 4.78 is 21.6. The van der Waals surface area contributed by atoms with E-state index in [-0.39, 0.29) is 0 Å². The summed E-state index contributed by atoms with van der Waals surface area (Å²) in [4.78, 5) is 2.00. The van der Waals surface area contributed by atoms with Crippen LogP contribution in [0.1, 0.15) is 20.3 Å². The second-order valence-electron chi connectivity index (χ2n) is 2.15. The predicted molar refractivity (Wildman–Crippen MR) is 45.4 cm³/mol. The molecule has 1 unspecified atom stereocenters. The first kappa shape index (κ1) is 13.4. The van der Waals surface area contributed by atoms with E-state index >= 15 is 0 Å². The predicted octanol–water partition coefficient (Wildman–Crippen LogP) is 2.27. The van der Waals surface area contributed by atoms with Crippen LogP contribution in [0.5, 0.6) is 0 Å². The van der Waals surface area contributed by atoms with Crippen LogP contribution < -0.4 is 0 Å². The van der Waals surface area contributed by atoms with E-state index in [4.69, 9.17) is 0 Å². The van der Waals surface area contributed by atoms with Crippen molar-refractivity contribution in [2.75, 3.05) is 27.3 Å². The number of halogens is 2. The van der Waals surface area contributed by atoms with Gasteiger partial charge in [-0.3, -0.25) is 4.39 Å². The zero-order chi connectivity index (χ0) is 9.28. The van der Waals surface area contributed by atoms with Crippen molar-refractivity contribution < 1.29 is 8.78 Å². The molecule has 0 spiro atoms. The highest BCUT2D eigenvalue weighted by molar-refractivity contribution is 4.70. The van der Waals surface area contributed by atoms with Gasteiger partial charge in [-0.05, 0) is 13.5 Å². The quantitative estimate of drug-likeness (QED) is 0.535. The van der Waals surface area contributed by atoms with E-state index in [9.17, 15) is 8.78 Å². The lowest BCUT2D eigenvalue weighted by Crippen LogP contribution is -2.13. The maximum absolute atomic E-state index is 12.1. The Balaban J connectivity index is 0. The molecule has 3 heteroatoms. The van der Waals surface area contributed by atoms with Crippen LogP contribution in [0, 0.1) is 0 Å². The third kappa shape index (κ3) is 7.72. The Kier molecular flexibility index (Phi) is 12.0. The fourth-order valence-electron chi connectivity index (χ4n) is 0.881. The van der Waals surface area contributed by atoms with Gasteiger partial charge < -0.3 is 4.90 Å². The van der Waals surface area contributed by atoms with Gasteiger partial charge in [0.2, 0.25) is 0 Å². The lowest BCUT2D eigenvalue weighted by Gasteiger charge is -2.01.